The standard InChI is InChI=1S/C22H16.CHF3O3S.H2S/c1-2-9-17(10-3-1)19-14-6-7-15-21(19)22-16-8-12-18-11-4-5-13-20(18)22;2-1(3,4)8(5,6)7;/h1-16H;(H,5,6,7);1H2. The summed E-state index contributed by atoms with van der Waals surface area (Å²) in [6.07, 6.45) is 0. The second-order valence-corrected chi connectivity index (χ2v) is 7.77. The van der Waals surface area contributed by atoms with Crippen molar-refractivity contribution < 1.29 is 26.1 Å². The van der Waals surface area contributed by atoms with Gasteiger partial charge in [-0.15, -0.1) is 0 Å². The van der Waals surface area contributed by atoms with Gasteiger partial charge in [0.25, 0.3) is 0 Å². The van der Waals surface area contributed by atoms with Crippen LogP contribution in [0.1, 0.15) is 0 Å². The molecule has 0 aliphatic heterocycles. The van der Waals surface area contributed by atoms with Crippen molar-refractivity contribution in [2.24, 2.45) is 0 Å². The number of hydrogen-bond donors (Lipinski definition) is 1. The molecule has 0 aliphatic rings. The summed E-state index contributed by atoms with van der Waals surface area (Å²) in [6, 6.07) is 34.3. The van der Waals surface area contributed by atoms with Gasteiger partial charge in [-0.05, 0) is 33.0 Å². The molecule has 162 valence electrons. The van der Waals surface area contributed by atoms with Crippen LogP contribution in [0.25, 0.3) is 33.0 Å². The first kappa shape index (κ1) is 24.5. The highest BCUT2D eigenvalue weighted by Gasteiger charge is 2.44. The van der Waals surface area contributed by atoms with Crippen LogP contribution in [0.4, 0.5) is 13.2 Å². The lowest BCUT2D eigenvalue weighted by Gasteiger charge is -2.12. The smallest absolute Gasteiger partial charge is 0.279 e. The van der Waals surface area contributed by atoms with Crippen molar-refractivity contribution in [1.29, 1.82) is 0 Å². The van der Waals surface area contributed by atoms with Crippen LogP contribution in [-0.2, 0) is 10.1 Å². The number of fused-ring (bicyclic) bond motifs is 1. The van der Waals surface area contributed by atoms with E-state index in [0.717, 1.165) is 0 Å². The van der Waals surface area contributed by atoms with E-state index >= 15 is 0 Å². The largest absolute Gasteiger partial charge is 0.522 e. The third-order valence-corrected chi connectivity index (χ3v) is 4.97. The van der Waals surface area contributed by atoms with Crippen LogP contribution in [0.5, 0.6) is 0 Å². The Morgan fingerprint density at radius 3 is 1.68 bits per heavy atom. The molecule has 0 aliphatic carbocycles. The number of halogens is 3. The summed E-state index contributed by atoms with van der Waals surface area (Å²) in [5.41, 5.74) is -0.430. The summed E-state index contributed by atoms with van der Waals surface area (Å²) in [5, 5.41) is 2.58. The molecular formula is C23H19F3O3S2. The Kier molecular flexibility index (Phi) is 7.89. The number of rotatable bonds is 2. The van der Waals surface area contributed by atoms with E-state index in [1.165, 1.54) is 33.0 Å². The second kappa shape index (κ2) is 10.00. The van der Waals surface area contributed by atoms with E-state index in [9.17, 15) is 13.2 Å². The van der Waals surface area contributed by atoms with Crippen molar-refractivity contribution in [2.75, 3.05) is 0 Å². The molecule has 0 fully saturated rings. The minimum Gasteiger partial charge on any atom is -0.279 e. The zero-order valence-electron chi connectivity index (χ0n) is 16.0. The number of alkyl halides is 3. The Morgan fingerprint density at radius 2 is 1.06 bits per heavy atom. The highest BCUT2D eigenvalue weighted by atomic mass is 32.2. The zero-order valence-corrected chi connectivity index (χ0v) is 17.9. The Balaban J connectivity index is 0.000000329. The molecule has 4 aromatic carbocycles. The van der Waals surface area contributed by atoms with Gasteiger partial charge < -0.3 is 0 Å². The van der Waals surface area contributed by atoms with Crippen molar-refractivity contribution in [3.8, 4) is 22.3 Å². The van der Waals surface area contributed by atoms with E-state index in [0.29, 0.717) is 0 Å². The van der Waals surface area contributed by atoms with Gasteiger partial charge in [-0.3, -0.25) is 4.55 Å². The molecule has 0 aromatic heterocycles. The molecule has 0 unspecified atom stereocenters. The maximum atomic E-state index is 10.7. The highest BCUT2D eigenvalue weighted by molar-refractivity contribution is 7.86. The molecule has 0 saturated carbocycles. The lowest BCUT2D eigenvalue weighted by atomic mass is 9.91. The van der Waals surface area contributed by atoms with Crippen LogP contribution in [0.2, 0.25) is 0 Å². The van der Waals surface area contributed by atoms with E-state index in [2.05, 4.69) is 97.1 Å². The molecule has 31 heavy (non-hydrogen) atoms. The van der Waals surface area contributed by atoms with E-state index in [-0.39, 0.29) is 13.5 Å². The van der Waals surface area contributed by atoms with Gasteiger partial charge in [-0.2, -0.15) is 35.1 Å². The molecule has 0 heterocycles. The Morgan fingerprint density at radius 1 is 0.613 bits per heavy atom. The van der Waals surface area contributed by atoms with Crippen LogP contribution in [0.3, 0.4) is 0 Å². The molecule has 0 amide bonds. The average molecular weight is 465 g/mol. The summed E-state index contributed by atoms with van der Waals surface area (Å²) in [4.78, 5) is 0. The topological polar surface area (TPSA) is 54.4 Å². The van der Waals surface area contributed by atoms with Gasteiger partial charge in [-0.1, -0.05) is 97.1 Å². The first-order valence-electron chi connectivity index (χ1n) is 8.85. The Bertz CT molecular complexity index is 1250. The van der Waals surface area contributed by atoms with Crippen molar-refractivity contribution in [2.45, 2.75) is 5.51 Å². The molecule has 1 N–H and O–H groups in total. The quantitative estimate of drug-likeness (QED) is 0.266. The highest BCUT2D eigenvalue weighted by Crippen LogP contribution is 2.35. The van der Waals surface area contributed by atoms with E-state index in [4.69, 9.17) is 13.0 Å². The van der Waals surface area contributed by atoms with Gasteiger partial charge in [0.1, 0.15) is 0 Å². The zero-order chi connectivity index (χ0) is 21.8. The second-order valence-electron chi connectivity index (χ2n) is 6.36. The van der Waals surface area contributed by atoms with Gasteiger partial charge >= 0.3 is 15.6 Å². The van der Waals surface area contributed by atoms with Crippen LogP contribution in [0, 0.1) is 0 Å². The molecule has 0 atom stereocenters. The van der Waals surface area contributed by atoms with Crippen molar-refractivity contribution in [3.05, 3.63) is 97.1 Å². The van der Waals surface area contributed by atoms with E-state index in [1.54, 1.807) is 0 Å². The van der Waals surface area contributed by atoms with Crippen LogP contribution >= 0.6 is 13.5 Å². The molecule has 4 aromatic rings. The number of hydrogen-bond acceptors (Lipinski definition) is 2. The van der Waals surface area contributed by atoms with Gasteiger partial charge in [0.2, 0.25) is 0 Å². The fourth-order valence-electron chi connectivity index (χ4n) is 3.05. The van der Waals surface area contributed by atoms with Gasteiger partial charge in [0, 0.05) is 0 Å². The van der Waals surface area contributed by atoms with Gasteiger partial charge in [-0.25, -0.2) is 0 Å². The summed E-state index contributed by atoms with van der Waals surface area (Å²) >= 11 is 0. The number of benzene rings is 4. The normalized spacial score (nSPS) is 11.2. The Labute approximate surface area is 185 Å². The predicted molar refractivity (Wildman–Crippen MR) is 123 cm³/mol. The molecule has 0 bridgehead atoms. The van der Waals surface area contributed by atoms with Gasteiger partial charge in [0.15, 0.2) is 0 Å². The Hall–Kier alpha value is -2.81. The summed E-state index contributed by atoms with van der Waals surface area (Å²) in [5.74, 6) is 0. The van der Waals surface area contributed by atoms with E-state index < -0.39 is 15.6 Å². The average Bonchev–Trinajstić information content (AvgIpc) is 2.73. The molecule has 0 radical (unpaired) electrons. The van der Waals surface area contributed by atoms with Crippen LogP contribution in [0.15, 0.2) is 97.1 Å². The lowest BCUT2D eigenvalue weighted by Crippen LogP contribution is -2.21. The molecule has 8 heteroatoms. The summed E-state index contributed by atoms with van der Waals surface area (Å²) < 4.78 is 57.5. The minimum atomic E-state index is -5.84. The molecule has 4 rings (SSSR count). The fourth-order valence-corrected chi connectivity index (χ4v) is 3.05. The summed E-state index contributed by atoms with van der Waals surface area (Å²) in [7, 11) is -5.84. The molecule has 3 nitrogen and oxygen atoms in total. The van der Waals surface area contributed by atoms with Gasteiger partial charge in [0.05, 0.1) is 0 Å². The molecular weight excluding hydrogens is 445 g/mol. The lowest BCUT2D eigenvalue weighted by molar-refractivity contribution is -0.0510. The van der Waals surface area contributed by atoms with Crippen LogP contribution < -0.4 is 0 Å². The SMILES string of the molecule is O=S(=O)(O)C(F)(F)F.S.c1ccc(-c2ccccc2-c2cccc3ccccc23)cc1. The van der Waals surface area contributed by atoms with E-state index in [1.807, 2.05) is 0 Å². The molecule has 0 saturated heterocycles. The monoisotopic (exact) mass is 464 g/mol. The van der Waals surface area contributed by atoms with Crippen molar-refractivity contribution >= 4 is 34.4 Å². The fraction of sp³-hybridized carbons (Fsp3) is 0.0435. The maximum Gasteiger partial charge on any atom is 0.522 e. The first-order valence-corrected chi connectivity index (χ1v) is 10.3. The third-order valence-electron chi connectivity index (χ3n) is 4.38. The predicted octanol–water partition coefficient (Wildman–Crippen LogP) is 6.68. The first-order chi connectivity index (χ1) is 14.2. The summed E-state index contributed by atoms with van der Waals surface area (Å²) in [6.45, 7) is 0. The molecule has 0 spiro atoms. The maximum absolute atomic E-state index is 10.7. The van der Waals surface area contributed by atoms with Crippen molar-refractivity contribution in [1.82, 2.24) is 0 Å². The van der Waals surface area contributed by atoms with Crippen molar-refractivity contribution in [3.63, 3.8) is 0 Å². The minimum absolute atomic E-state index is 0. The third kappa shape index (κ3) is 5.88. The van der Waals surface area contributed by atoms with Crippen LogP contribution in [-0.4, -0.2) is 18.5 Å².